The molecule has 1 atom stereocenters. The molecule has 1 saturated heterocycles. The number of nitrogens with zero attached hydrogens (tertiary/aromatic N) is 6. The Labute approximate surface area is 202 Å². The third-order valence-electron chi connectivity index (χ3n) is 6.93. The molecular weight excluding hydrogens is 446 g/mol. The molecule has 35 heavy (non-hydrogen) atoms. The number of fused-ring (bicyclic) bond motifs is 1. The van der Waals surface area contributed by atoms with Crippen molar-refractivity contribution in [3.8, 4) is 11.4 Å². The minimum Gasteiger partial charge on any atom is -0.388 e. The topological polar surface area (TPSA) is 122 Å². The third kappa shape index (κ3) is 4.49. The van der Waals surface area contributed by atoms with Crippen molar-refractivity contribution in [2.45, 2.75) is 44.2 Å². The summed E-state index contributed by atoms with van der Waals surface area (Å²) >= 11 is 0. The Morgan fingerprint density at radius 2 is 1.91 bits per heavy atom. The molecule has 10 heteroatoms. The largest absolute Gasteiger partial charge is 0.388 e. The smallest absolute Gasteiger partial charge is 0.281 e. The van der Waals surface area contributed by atoms with E-state index in [9.17, 15) is 14.7 Å². The SMILES string of the molecule is C[C@H](CC(=O)N1CCC(O)(Cn2cnc3c(-c4ccn[nH]4)n(C)nc3c2=O)CC1)c1ccccc1. The average Bonchev–Trinajstić information content (AvgIpc) is 3.49. The van der Waals surface area contributed by atoms with E-state index in [1.165, 1.54) is 10.9 Å². The van der Waals surface area contributed by atoms with E-state index in [-0.39, 0.29) is 29.4 Å². The van der Waals surface area contributed by atoms with Gasteiger partial charge in [0, 0.05) is 32.8 Å². The van der Waals surface area contributed by atoms with Crippen LogP contribution in [0.1, 0.15) is 37.7 Å². The normalized spacial score (nSPS) is 16.5. The Bertz CT molecular complexity index is 1380. The molecule has 4 aromatic rings. The van der Waals surface area contributed by atoms with Gasteiger partial charge in [0.05, 0.1) is 24.2 Å². The summed E-state index contributed by atoms with van der Waals surface area (Å²) in [6.45, 7) is 3.06. The van der Waals surface area contributed by atoms with E-state index in [1.807, 2.05) is 35.2 Å². The van der Waals surface area contributed by atoms with Crippen LogP contribution in [-0.4, -0.2) is 64.1 Å². The Hall–Kier alpha value is -3.79. The van der Waals surface area contributed by atoms with Crippen molar-refractivity contribution in [2.75, 3.05) is 13.1 Å². The first-order valence-electron chi connectivity index (χ1n) is 11.8. The molecule has 1 fully saturated rings. The molecule has 0 saturated carbocycles. The average molecular weight is 476 g/mol. The molecule has 5 rings (SSSR count). The van der Waals surface area contributed by atoms with E-state index < -0.39 is 5.60 Å². The first-order chi connectivity index (χ1) is 16.8. The number of amides is 1. The highest BCUT2D eigenvalue weighted by molar-refractivity contribution is 5.88. The highest BCUT2D eigenvalue weighted by Crippen LogP contribution is 2.27. The molecule has 3 aromatic heterocycles. The molecule has 1 aliphatic rings. The number of carbonyl (C=O) groups excluding carboxylic acids is 1. The Kier molecular flexibility index (Phi) is 5.98. The zero-order chi connectivity index (χ0) is 24.6. The molecule has 0 aliphatic carbocycles. The summed E-state index contributed by atoms with van der Waals surface area (Å²) in [5.41, 5.74) is 1.86. The van der Waals surface area contributed by atoms with Crippen molar-refractivity contribution in [1.29, 1.82) is 0 Å². The van der Waals surface area contributed by atoms with Crippen molar-refractivity contribution >= 4 is 16.9 Å². The van der Waals surface area contributed by atoms with E-state index in [4.69, 9.17) is 0 Å². The Morgan fingerprint density at radius 1 is 1.17 bits per heavy atom. The molecule has 4 heterocycles. The maximum atomic E-state index is 13.2. The molecule has 1 aliphatic heterocycles. The fraction of sp³-hybridized carbons (Fsp3) is 0.400. The summed E-state index contributed by atoms with van der Waals surface area (Å²) in [5, 5.41) is 22.4. The summed E-state index contributed by atoms with van der Waals surface area (Å²) in [4.78, 5) is 32.3. The van der Waals surface area contributed by atoms with Crippen LogP contribution in [0.5, 0.6) is 0 Å². The van der Waals surface area contributed by atoms with Gasteiger partial charge in [-0.15, -0.1) is 0 Å². The quantitative estimate of drug-likeness (QED) is 0.440. The van der Waals surface area contributed by atoms with E-state index in [0.717, 1.165) is 11.3 Å². The van der Waals surface area contributed by atoms with Gasteiger partial charge in [-0.2, -0.15) is 10.2 Å². The second kappa shape index (κ2) is 9.10. The number of aryl methyl sites for hydroxylation is 1. The number of aliphatic hydroxyl groups is 1. The number of piperidine rings is 1. The van der Waals surface area contributed by atoms with Gasteiger partial charge in [0.25, 0.3) is 5.56 Å². The van der Waals surface area contributed by atoms with Gasteiger partial charge >= 0.3 is 0 Å². The standard InChI is InChI=1S/C25H29N7O3/c1-17(18-6-4-3-5-7-18)14-20(33)31-12-9-25(35,10-13-31)15-32-16-26-21-22(24(32)34)29-30(2)23(21)19-8-11-27-28-19/h3-8,11,16-17,35H,9-10,12-15H2,1-2H3,(H,27,28)/t17-/m1/s1. The maximum absolute atomic E-state index is 13.2. The second-order valence-electron chi connectivity index (χ2n) is 9.44. The molecular formula is C25H29N7O3. The number of H-pyrrole nitrogens is 1. The lowest BCUT2D eigenvalue weighted by Gasteiger charge is -2.38. The van der Waals surface area contributed by atoms with Crippen molar-refractivity contribution in [3.63, 3.8) is 0 Å². The number of aromatic nitrogens is 6. The van der Waals surface area contributed by atoms with Gasteiger partial charge < -0.3 is 10.0 Å². The van der Waals surface area contributed by atoms with Crippen molar-refractivity contribution in [2.24, 2.45) is 7.05 Å². The van der Waals surface area contributed by atoms with Gasteiger partial charge in [0.1, 0.15) is 11.2 Å². The predicted octanol–water partition coefficient (Wildman–Crippen LogP) is 2.07. The van der Waals surface area contributed by atoms with Crippen LogP contribution in [0.25, 0.3) is 22.4 Å². The van der Waals surface area contributed by atoms with Crippen LogP contribution in [0.2, 0.25) is 0 Å². The van der Waals surface area contributed by atoms with Gasteiger partial charge in [-0.05, 0) is 30.4 Å². The first kappa shape index (κ1) is 23.0. The van der Waals surface area contributed by atoms with Crippen molar-refractivity contribution < 1.29 is 9.90 Å². The number of rotatable bonds is 6. The summed E-state index contributed by atoms with van der Waals surface area (Å²) in [7, 11) is 1.75. The van der Waals surface area contributed by atoms with Gasteiger partial charge in [-0.1, -0.05) is 37.3 Å². The van der Waals surface area contributed by atoms with Crippen molar-refractivity contribution in [3.05, 3.63) is 64.8 Å². The molecule has 1 aromatic carbocycles. The van der Waals surface area contributed by atoms with Gasteiger partial charge in [0.2, 0.25) is 5.91 Å². The second-order valence-corrected chi connectivity index (χ2v) is 9.44. The van der Waals surface area contributed by atoms with Crippen molar-refractivity contribution in [1.82, 2.24) is 34.4 Å². The highest BCUT2D eigenvalue weighted by atomic mass is 16.3. The van der Waals surface area contributed by atoms with Crippen LogP contribution < -0.4 is 5.56 Å². The number of hydrogen-bond acceptors (Lipinski definition) is 6. The van der Waals surface area contributed by atoms with Crippen LogP contribution in [0.3, 0.4) is 0 Å². The van der Waals surface area contributed by atoms with Gasteiger partial charge in [-0.25, -0.2) is 4.98 Å². The third-order valence-corrected chi connectivity index (χ3v) is 6.93. The summed E-state index contributed by atoms with van der Waals surface area (Å²) in [6.07, 6.45) is 4.31. The molecule has 0 spiro atoms. The molecule has 0 bridgehead atoms. The van der Waals surface area contributed by atoms with E-state index >= 15 is 0 Å². The summed E-state index contributed by atoms with van der Waals surface area (Å²) in [6, 6.07) is 11.8. The van der Waals surface area contributed by atoms with Crippen LogP contribution in [0.15, 0.2) is 53.7 Å². The number of carbonyl (C=O) groups is 1. The molecule has 0 unspecified atom stereocenters. The first-order valence-corrected chi connectivity index (χ1v) is 11.8. The minimum atomic E-state index is -1.10. The number of aromatic amines is 1. The monoisotopic (exact) mass is 475 g/mol. The van der Waals surface area contributed by atoms with E-state index in [1.54, 1.807) is 24.0 Å². The predicted molar refractivity (Wildman–Crippen MR) is 131 cm³/mol. The van der Waals surface area contributed by atoms with Crippen LogP contribution in [-0.2, 0) is 18.4 Å². The molecule has 10 nitrogen and oxygen atoms in total. The maximum Gasteiger partial charge on any atom is 0.281 e. The number of nitrogens with one attached hydrogen (secondary N) is 1. The fourth-order valence-electron chi connectivity index (χ4n) is 4.84. The van der Waals surface area contributed by atoms with Gasteiger partial charge in [0.15, 0.2) is 5.52 Å². The van der Waals surface area contributed by atoms with Gasteiger partial charge in [-0.3, -0.25) is 23.9 Å². The van der Waals surface area contributed by atoms with Crippen LogP contribution >= 0.6 is 0 Å². The zero-order valence-electron chi connectivity index (χ0n) is 19.9. The Morgan fingerprint density at radius 3 is 2.60 bits per heavy atom. The van der Waals surface area contributed by atoms with E-state index in [0.29, 0.717) is 43.6 Å². The summed E-state index contributed by atoms with van der Waals surface area (Å²) < 4.78 is 3.02. The highest BCUT2D eigenvalue weighted by Gasteiger charge is 2.35. The number of likely N-dealkylation sites (tertiary alicyclic amines) is 1. The number of benzene rings is 1. The Balaban J connectivity index is 1.26. The molecule has 182 valence electrons. The summed E-state index contributed by atoms with van der Waals surface area (Å²) in [5.74, 6) is 0.217. The molecule has 0 radical (unpaired) electrons. The zero-order valence-corrected chi connectivity index (χ0v) is 19.9. The van der Waals surface area contributed by atoms with Crippen LogP contribution in [0.4, 0.5) is 0 Å². The lowest BCUT2D eigenvalue weighted by Crippen LogP contribution is -2.49. The fourth-order valence-corrected chi connectivity index (χ4v) is 4.84. The lowest BCUT2D eigenvalue weighted by molar-refractivity contribution is -0.136. The lowest BCUT2D eigenvalue weighted by atomic mass is 9.90. The van der Waals surface area contributed by atoms with Crippen LogP contribution in [0, 0.1) is 0 Å². The number of hydrogen-bond donors (Lipinski definition) is 2. The minimum absolute atomic E-state index is 0.0866. The molecule has 2 N–H and O–H groups in total. The van der Waals surface area contributed by atoms with E-state index in [2.05, 4.69) is 27.2 Å². The molecule has 1 amide bonds.